The van der Waals surface area contributed by atoms with E-state index in [4.69, 9.17) is 0 Å². The van der Waals surface area contributed by atoms with E-state index in [1.54, 1.807) is 0 Å². The summed E-state index contributed by atoms with van der Waals surface area (Å²) in [4.78, 5) is 4.28. The molecule has 4 heteroatoms. The van der Waals surface area contributed by atoms with Gasteiger partial charge in [-0.15, -0.1) is 0 Å². The number of aliphatic hydroxyl groups excluding tert-OH is 1. The lowest BCUT2D eigenvalue weighted by molar-refractivity contribution is 0.249. The van der Waals surface area contributed by atoms with Crippen LogP contribution in [0.2, 0.25) is 0 Å². The van der Waals surface area contributed by atoms with E-state index in [0.29, 0.717) is 5.92 Å². The van der Waals surface area contributed by atoms with E-state index < -0.39 is 0 Å². The molecule has 1 atom stereocenters. The fourth-order valence-corrected chi connectivity index (χ4v) is 1.82. The lowest BCUT2D eigenvalue weighted by Crippen LogP contribution is -2.30. The SMILES string of the molecule is Cc1cnc(N[C@H](CO)C(C)C)c(Br)c1. The van der Waals surface area contributed by atoms with Gasteiger partial charge in [0.2, 0.25) is 0 Å². The molecule has 0 aliphatic carbocycles. The van der Waals surface area contributed by atoms with E-state index in [1.807, 2.05) is 19.2 Å². The summed E-state index contributed by atoms with van der Waals surface area (Å²) in [6.07, 6.45) is 1.81. The Morgan fingerprint density at radius 3 is 2.67 bits per heavy atom. The minimum Gasteiger partial charge on any atom is -0.394 e. The second-order valence-electron chi connectivity index (χ2n) is 4.02. The molecule has 1 heterocycles. The molecule has 1 rings (SSSR count). The monoisotopic (exact) mass is 272 g/mol. The molecule has 0 saturated heterocycles. The quantitative estimate of drug-likeness (QED) is 0.886. The van der Waals surface area contributed by atoms with Crippen molar-refractivity contribution in [2.75, 3.05) is 11.9 Å². The van der Waals surface area contributed by atoms with Gasteiger partial charge in [0.05, 0.1) is 17.1 Å². The summed E-state index contributed by atoms with van der Waals surface area (Å²) >= 11 is 3.45. The Kier molecular flexibility index (Phi) is 4.54. The zero-order valence-electron chi connectivity index (χ0n) is 9.29. The largest absolute Gasteiger partial charge is 0.394 e. The third-order valence-corrected chi connectivity index (χ3v) is 2.91. The molecule has 15 heavy (non-hydrogen) atoms. The maximum absolute atomic E-state index is 9.20. The topological polar surface area (TPSA) is 45.2 Å². The van der Waals surface area contributed by atoms with Crippen molar-refractivity contribution < 1.29 is 5.11 Å². The molecule has 0 spiro atoms. The van der Waals surface area contributed by atoms with Crippen LogP contribution in [0, 0.1) is 12.8 Å². The number of halogens is 1. The van der Waals surface area contributed by atoms with Gasteiger partial charge in [-0.1, -0.05) is 13.8 Å². The summed E-state index contributed by atoms with van der Waals surface area (Å²) in [7, 11) is 0. The molecule has 1 aromatic heterocycles. The van der Waals surface area contributed by atoms with Gasteiger partial charge in [0.15, 0.2) is 0 Å². The van der Waals surface area contributed by atoms with Crippen LogP contribution in [-0.4, -0.2) is 22.7 Å². The molecule has 0 bridgehead atoms. The Bertz CT molecular complexity index is 328. The van der Waals surface area contributed by atoms with Crippen molar-refractivity contribution in [3.05, 3.63) is 22.3 Å². The normalized spacial score (nSPS) is 12.9. The molecule has 1 aromatic rings. The van der Waals surface area contributed by atoms with E-state index in [0.717, 1.165) is 15.9 Å². The third-order valence-electron chi connectivity index (χ3n) is 2.30. The van der Waals surface area contributed by atoms with E-state index in [-0.39, 0.29) is 12.6 Å². The van der Waals surface area contributed by atoms with Crippen molar-refractivity contribution in [3.63, 3.8) is 0 Å². The Morgan fingerprint density at radius 1 is 1.53 bits per heavy atom. The zero-order valence-corrected chi connectivity index (χ0v) is 10.9. The summed E-state index contributed by atoms with van der Waals surface area (Å²) in [6, 6.07) is 2.04. The average molecular weight is 273 g/mol. The molecule has 0 aliphatic rings. The summed E-state index contributed by atoms with van der Waals surface area (Å²) < 4.78 is 0.932. The van der Waals surface area contributed by atoms with Gasteiger partial charge in [-0.05, 0) is 40.4 Å². The fourth-order valence-electron chi connectivity index (χ4n) is 1.24. The molecule has 3 nitrogen and oxygen atoms in total. The molecule has 0 aliphatic heterocycles. The van der Waals surface area contributed by atoms with Gasteiger partial charge in [0, 0.05) is 6.20 Å². The Morgan fingerprint density at radius 2 is 2.20 bits per heavy atom. The number of hydrogen-bond acceptors (Lipinski definition) is 3. The molecule has 0 radical (unpaired) electrons. The smallest absolute Gasteiger partial charge is 0.140 e. The number of pyridine rings is 1. The summed E-state index contributed by atoms with van der Waals surface area (Å²) in [5.41, 5.74) is 1.11. The van der Waals surface area contributed by atoms with Crippen molar-refractivity contribution >= 4 is 21.7 Å². The van der Waals surface area contributed by atoms with Crippen LogP contribution >= 0.6 is 15.9 Å². The molecule has 0 aromatic carbocycles. The molecular weight excluding hydrogens is 256 g/mol. The van der Waals surface area contributed by atoms with Crippen molar-refractivity contribution in [2.24, 2.45) is 5.92 Å². The number of rotatable bonds is 4. The van der Waals surface area contributed by atoms with Gasteiger partial charge < -0.3 is 10.4 Å². The number of aromatic nitrogens is 1. The van der Waals surface area contributed by atoms with Gasteiger partial charge in [-0.2, -0.15) is 0 Å². The highest BCUT2D eigenvalue weighted by molar-refractivity contribution is 9.10. The predicted molar refractivity (Wildman–Crippen MR) is 66.0 cm³/mol. The van der Waals surface area contributed by atoms with E-state index >= 15 is 0 Å². The maximum Gasteiger partial charge on any atom is 0.140 e. The molecular formula is C11H17BrN2O. The van der Waals surface area contributed by atoms with Crippen LogP contribution in [0.15, 0.2) is 16.7 Å². The predicted octanol–water partition coefficient (Wildman–Crippen LogP) is 2.58. The first-order chi connectivity index (χ1) is 7.04. The highest BCUT2D eigenvalue weighted by Crippen LogP contribution is 2.22. The Labute approximate surface area is 99.1 Å². The first-order valence-electron chi connectivity index (χ1n) is 5.04. The lowest BCUT2D eigenvalue weighted by Gasteiger charge is -2.21. The van der Waals surface area contributed by atoms with Crippen molar-refractivity contribution in [1.29, 1.82) is 0 Å². The maximum atomic E-state index is 9.20. The van der Waals surface area contributed by atoms with Crippen LogP contribution in [0.5, 0.6) is 0 Å². The Hall–Kier alpha value is -0.610. The minimum absolute atomic E-state index is 0.0384. The third kappa shape index (κ3) is 3.47. The lowest BCUT2D eigenvalue weighted by atomic mass is 10.1. The van der Waals surface area contributed by atoms with Gasteiger partial charge in [-0.3, -0.25) is 0 Å². The molecule has 2 N–H and O–H groups in total. The first-order valence-corrected chi connectivity index (χ1v) is 5.83. The highest BCUT2D eigenvalue weighted by atomic mass is 79.9. The number of anilines is 1. The minimum atomic E-state index is 0.0384. The van der Waals surface area contributed by atoms with E-state index in [2.05, 4.69) is 40.1 Å². The number of aliphatic hydroxyl groups is 1. The van der Waals surface area contributed by atoms with Gasteiger partial charge in [0.25, 0.3) is 0 Å². The van der Waals surface area contributed by atoms with Crippen molar-refractivity contribution in [1.82, 2.24) is 4.98 Å². The highest BCUT2D eigenvalue weighted by Gasteiger charge is 2.13. The van der Waals surface area contributed by atoms with Gasteiger partial charge in [0.1, 0.15) is 5.82 Å². The fraction of sp³-hybridized carbons (Fsp3) is 0.545. The first kappa shape index (κ1) is 12.5. The van der Waals surface area contributed by atoms with Crippen LogP contribution in [0.1, 0.15) is 19.4 Å². The second-order valence-corrected chi connectivity index (χ2v) is 4.87. The van der Waals surface area contributed by atoms with Gasteiger partial charge in [-0.25, -0.2) is 4.98 Å². The number of hydrogen-bond donors (Lipinski definition) is 2. The molecule has 0 fully saturated rings. The molecule has 0 amide bonds. The van der Waals surface area contributed by atoms with Crippen molar-refractivity contribution in [3.8, 4) is 0 Å². The van der Waals surface area contributed by atoms with Crippen LogP contribution in [0.4, 0.5) is 5.82 Å². The van der Waals surface area contributed by atoms with Crippen LogP contribution in [-0.2, 0) is 0 Å². The molecule has 84 valence electrons. The number of nitrogens with zero attached hydrogens (tertiary/aromatic N) is 1. The van der Waals surface area contributed by atoms with Crippen molar-refractivity contribution in [2.45, 2.75) is 26.8 Å². The van der Waals surface area contributed by atoms with E-state index in [9.17, 15) is 5.11 Å². The van der Waals surface area contributed by atoms with E-state index in [1.165, 1.54) is 0 Å². The summed E-state index contributed by atoms with van der Waals surface area (Å²) in [6.45, 7) is 6.24. The van der Waals surface area contributed by atoms with Crippen LogP contribution in [0.25, 0.3) is 0 Å². The average Bonchev–Trinajstić information content (AvgIpc) is 2.16. The second kappa shape index (κ2) is 5.47. The van der Waals surface area contributed by atoms with Crippen LogP contribution in [0.3, 0.4) is 0 Å². The molecule has 0 saturated carbocycles. The van der Waals surface area contributed by atoms with Gasteiger partial charge >= 0.3 is 0 Å². The zero-order chi connectivity index (χ0) is 11.4. The van der Waals surface area contributed by atoms with Crippen LogP contribution < -0.4 is 5.32 Å². The summed E-state index contributed by atoms with van der Waals surface area (Å²) in [5, 5.41) is 12.4. The molecule has 0 unspecified atom stereocenters. The Balaban J connectivity index is 2.79. The summed E-state index contributed by atoms with van der Waals surface area (Å²) in [5.74, 6) is 1.15. The number of nitrogens with one attached hydrogen (secondary N) is 1. The number of aryl methyl sites for hydroxylation is 1. The standard InChI is InChI=1S/C11H17BrN2O/c1-7(2)10(6-15)14-11-9(12)4-8(3)5-13-11/h4-5,7,10,15H,6H2,1-3H3,(H,13,14)/t10-/m1/s1.